The number of esters is 1. The van der Waals surface area contributed by atoms with Crippen molar-refractivity contribution < 1.29 is 19.0 Å². The Hall–Kier alpha value is -1.65. The molecule has 23 heavy (non-hydrogen) atoms. The lowest BCUT2D eigenvalue weighted by Crippen LogP contribution is -2.55. The molecule has 126 valence electrons. The molecule has 1 aliphatic heterocycles. The van der Waals surface area contributed by atoms with Crippen LogP contribution in [0.4, 0.5) is 0 Å². The first kappa shape index (κ1) is 17.7. The van der Waals surface area contributed by atoms with E-state index in [0.717, 1.165) is 18.4 Å². The third kappa shape index (κ3) is 4.21. The number of unbranched alkanes of at least 4 members (excludes halogenated alkanes) is 1. The van der Waals surface area contributed by atoms with E-state index in [1.807, 2.05) is 25.1 Å². The average Bonchev–Trinajstić information content (AvgIpc) is 2.57. The van der Waals surface area contributed by atoms with Crippen molar-refractivity contribution in [3.05, 3.63) is 48.0 Å². The molecular formula is C19H26O4. The summed E-state index contributed by atoms with van der Waals surface area (Å²) in [5.74, 6) is -0.331. The quantitative estimate of drug-likeness (QED) is 0.436. The Morgan fingerprint density at radius 2 is 2.13 bits per heavy atom. The summed E-state index contributed by atoms with van der Waals surface area (Å²) in [7, 11) is 0. The SMILES string of the molecule is C=C(C)C1(OCCCC)COCCC1OC(=O)c1ccccc1. The lowest BCUT2D eigenvalue weighted by molar-refractivity contribution is -0.171. The van der Waals surface area contributed by atoms with Crippen LogP contribution in [0.1, 0.15) is 43.5 Å². The minimum absolute atomic E-state index is 0.331. The first-order valence-corrected chi connectivity index (χ1v) is 8.24. The first-order chi connectivity index (χ1) is 11.1. The van der Waals surface area contributed by atoms with Gasteiger partial charge in [0.1, 0.15) is 11.7 Å². The molecule has 2 unspecified atom stereocenters. The molecule has 0 radical (unpaired) electrons. The van der Waals surface area contributed by atoms with Crippen LogP contribution in [-0.2, 0) is 14.2 Å². The van der Waals surface area contributed by atoms with E-state index in [4.69, 9.17) is 14.2 Å². The van der Waals surface area contributed by atoms with Crippen molar-refractivity contribution in [2.45, 2.75) is 44.8 Å². The highest BCUT2D eigenvalue weighted by Gasteiger charge is 2.46. The van der Waals surface area contributed by atoms with Crippen LogP contribution in [0.3, 0.4) is 0 Å². The summed E-state index contributed by atoms with van der Waals surface area (Å²) in [4.78, 5) is 12.4. The summed E-state index contributed by atoms with van der Waals surface area (Å²) in [5, 5.41) is 0. The molecule has 2 rings (SSSR count). The second-order valence-electron chi connectivity index (χ2n) is 5.97. The van der Waals surface area contributed by atoms with Crippen molar-refractivity contribution in [3.8, 4) is 0 Å². The van der Waals surface area contributed by atoms with E-state index < -0.39 is 5.60 Å². The van der Waals surface area contributed by atoms with Gasteiger partial charge in [0.05, 0.1) is 18.8 Å². The van der Waals surface area contributed by atoms with Gasteiger partial charge in [-0.25, -0.2) is 4.79 Å². The zero-order valence-electron chi connectivity index (χ0n) is 14.0. The highest BCUT2D eigenvalue weighted by atomic mass is 16.6. The molecule has 0 spiro atoms. The van der Waals surface area contributed by atoms with Gasteiger partial charge >= 0.3 is 5.97 Å². The normalized spacial score (nSPS) is 24.2. The Kier molecular flexibility index (Phi) is 6.37. The van der Waals surface area contributed by atoms with Crippen LogP contribution in [0.25, 0.3) is 0 Å². The van der Waals surface area contributed by atoms with Gasteiger partial charge in [-0.15, -0.1) is 0 Å². The highest BCUT2D eigenvalue weighted by Crippen LogP contribution is 2.33. The topological polar surface area (TPSA) is 44.8 Å². The fourth-order valence-corrected chi connectivity index (χ4v) is 2.72. The maximum atomic E-state index is 12.4. The first-order valence-electron chi connectivity index (χ1n) is 8.24. The lowest BCUT2D eigenvalue weighted by atomic mass is 9.86. The van der Waals surface area contributed by atoms with Crippen LogP contribution in [0, 0.1) is 0 Å². The van der Waals surface area contributed by atoms with E-state index in [1.54, 1.807) is 12.1 Å². The van der Waals surface area contributed by atoms with Crippen LogP contribution in [0.15, 0.2) is 42.5 Å². The zero-order chi connectivity index (χ0) is 16.7. The second kappa shape index (κ2) is 8.27. The summed E-state index contributed by atoms with van der Waals surface area (Å²) >= 11 is 0. The summed E-state index contributed by atoms with van der Waals surface area (Å²) < 4.78 is 17.5. The molecule has 1 aliphatic rings. The average molecular weight is 318 g/mol. The van der Waals surface area contributed by atoms with Crippen molar-refractivity contribution in [1.29, 1.82) is 0 Å². The molecule has 1 saturated heterocycles. The van der Waals surface area contributed by atoms with E-state index >= 15 is 0 Å². The molecule has 4 heteroatoms. The predicted molar refractivity (Wildman–Crippen MR) is 89.5 cm³/mol. The number of ether oxygens (including phenoxy) is 3. The van der Waals surface area contributed by atoms with Crippen LogP contribution < -0.4 is 0 Å². The maximum Gasteiger partial charge on any atom is 0.338 e. The Morgan fingerprint density at radius 1 is 1.39 bits per heavy atom. The van der Waals surface area contributed by atoms with Gasteiger partial charge in [0, 0.05) is 13.0 Å². The fraction of sp³-hybridized carbons (Fsp3) is 0.526. The Morgan fingerprint density at radius 3 is 2.78 bits per heavy atom. The van der Waals surface area contributed by atoms with Gasteiger partial charge in [0.25, 0.3) is 0 Å². The summed E-state index contributed by atoms with van der Waals surface area (Å²) in [6, 6.07) is 9.02. The monoisotopic (exact) mass is 318 g/mol. The highest BCUT2D eigenvalue weighted by molar-refractivity contribution is 5.89. The van der Waals surface area contributed by atoms with Gasteiger partial charge in [-0.3, -0.25) is 0 Å². The number of carbonyl (C=O) groups is 1. The minimum atomic E-state index is -0.752. The summed E-state index contributed by atoms with van der Waals surface area (Å²) in [6.45, 7) is 9.61. The molecule has 0 aromatic heterocycles. The van der Waals surface area contributed by atoms with Gasteiger partial charge < -0.3 is 14.2 Å². The molecule has 1 aromatic carbocycles. The second-order valence-corrected chi connectivity index (χ2v) is 5.97. The van der Waals surface area contributed by atoms with Gasteiger partial charge in [0.2, 0.25) is 0 Å². The molecule has 0 N–H and O–H groups in total. The van der Waals surface area contributed by atoms with Crippen LogP contribution >= 0.6 is 0 Å². The van der Waals surface area contributed by atoms with E-state index in [-0.39, 0.29) is 12.1 Å². The van der Waals surface area contributed by atoms with Crippen molar-refractivity contribution >= 4 is 5.97 Å². The Bertz CT molecular complexity index is 525. The van der Waals surface area contributed by atoms with Gasteiger partial charge in [-0.05, 0) is 31.1 Å². The molecule has 0 amide bonds. The van der Waals surface area contributed by atoms with Gasteiger partial charge in [0.15, 0.2) is 0 Å². The molecular weight excluding hydrogens is 292 g/mol. The third-order valence-corrected chi connectivity index (χ3v) is 4.20. The molecule has 1 aromatic rings. The molecule has 0 aliphatic carbocycles. The number of hydrogen-bond donors (Lipinski definition) is 0. The number of rotatable bonds is 7. The standard InChI is InChI=1S/C19H26O4/c1-4-5-12-22-19(15(2)3)14-21-13-11-17(19)23-18(20)16-9-7-6-8-10-16/h6-10,17H,2,4-5,11-14H2,1,3H3. The van der Waals surface area contributed by atoms with Crippen LogP contribution in [-0.4, -0.2) is 37.5 Å². The predicted octanol–water partition coefficient (Wildman–Crippen LogP) is 3.76. The van der Waals surface area contributed by atoms with Gasteiger partial charge in [-0.2, -0.15) is 0 Å². The van der Waals surface area contributed by atoms with Gasteiger partial charge in [-0.1, -0.05) is 38.1 Å². The molecule has 0 saturated carbocycles. The largest absolute Gasteiger partial charge is 0.455 e. The fourth-order valence-electron chi connectivity index (χ4n) is 2.72. The van der Waals surface area contributed by atoms with E-state index in [1.165, 1.54) is 0 Å². The number of benzene rings is 1. The zero-order valence-corrected chi connectivity index (χ0v) is 14.0. The molecule has 4 nitrogen and oxygen atoms in total. The number of hydrogen-bond acceptors (Lipinski definition) is 4. The Labute approximate surface area is 138 Å². The molecule has 2 atom stereocenters. The summed E-state index contributed by atoms with van der Waals surface area (Å²) in [6.07, 6.45) is 2.23. The molecule has 1 fully saturated rings. The number of carbonyl (C=O) groups excluding carboxylic acids is 1. The van der Waals surface area contributed by atoms with Crippen molar-refractivity contribution in [3.63, 3.8) is 0 Å². The molecule has 0 bridgehead atoms. The van der Waals surface area contributed by atoms with Crippen molar-refractivity contribution in [2.24, 2.45) is 0 Å². The smallest absolute Gasteiger partial charge is 0.338 e. The lowest BCUT2D eigenvalue weighted by Gasteiger charge is -2.43. The Balaban J connectivity index is 2.15. The van der Waals surface area contributed by atoms with E-state index in [9.17, 15) is 4.79 Å². The maximum absolute atomic E-state index is 12.4. The van der Waals surface area contributed by atoms with E-state index in [0.29, 0.717) is 31.8 Å². The van der Waals surface area contributed by atoms with Crippen LogP contribution in [0.5, 0.6) is 0 Å². The minimum Gasteiger partial charge on any atom is -0.455 e. The van der Waals surface area contributed by atoms with Crippen molar-refractivity contribution in [1.82, 2.24) is 0 Å². The van der Waals surface area contributed by atoms with Crippen molar-refractivity contribution in [2.75, 3.05) is 19.8 Å². The summed E-state index contributed by atoms with van der Waals surface area (Å²) in [5.41, 5.74) is 0.625. The molecule has 1 heterocycles. The third-order valence-electron chi connectivity index (χ3n) is 4.20. The van der Waals surface area contributed by atoms with E-state index in [2.05, 4.69) is 13.5 Å². The van der Waals surface area contributed by atoms with Crippen LogP contribution in [0.2, 0.25) is 0 Å².